The number of aromatic nitrogens is 4. The summed E-state index contributed by atoms with van der Waals surface area (Å²) in [6.07, 6.45) is 2.05. The Morgan fingerprint density at radius 2 is 2.08 bits per heavy atom. The van der Waals surface area contributed by atoms with Crippen molar-refractivity contribution in [3.63, 3.8) is 0 Å². The first-order chi connectivity index (χ1) is 12.6. The number of nitrogens with zero attached hydrogens (tertiary/aromatic N) is 5. The van der Waals surface area contributed by atoms with E-state index >= 15 is 0 Å². The molecule has 0 aliphatic carbocycles. The summed E-state index contributed by atoms with van der Waals surface area (Å²) in [5.74, 6) is 0.679. The number of hydrogen-bond acceptors (Lipinski definition) is 6. The van der Waals surface area contributed by atoms with Crippen molar-refractivity contribution in [2.45, 2.75) is 19.1 Å². The zero-order chi connectivity index (χ0) is 18.1. The van der Waals surface area contributed by atoms with Crippen LogP contribution in [0.25, 0.3) is 11.0 Å². The van der Waals surface area contributed by atoms with Gasteiger partial charge in [-0.15, -0.1) is 0 Å². The van der Waals surface area contributed by atoms with Crippen LogP contribution in [-0.4, -0.2) is 55.5 Å². The zero-order valence-corrected chi connectivity index (χ0v) is 16.1. The van der Waals surface area contributed by atoms with Crippen molar-refractivity contribution in [2.75, 3.05) is 25.0 Å². The Kier molecular flexibility index (Phi) is 4.88. The Balaban J connectivity index is 1.39. The van der Waals surface area contributed by atoms with Crippen molar-refractivity contribution >= 4 is 32.8 Å². The summed E-state index contributed by atoms with van der Waals surface area (Å²) in [4.78, 5) is 10.8. The minimum Gasteiger partial charge on any atom is -0.390 e. The molecule has 136 valence electrons. The number of hydrogen-bond donors (Lipinski definition) is 2. The molecule has 0 amide bonds. The van der Waals surface area contributed by atoms with Gasteiger partial charge in [-0.2, -0.15) is 5.10 Å². The molecule has 7 nitrogen and oxygen atoms in total. The van der Waals surface area contributed by atoms with Gasteiger partial charge < -0.3 is 10.4 Å². The molecule has 0 saturated carbocycles. The van der Waals surface area contributed by atoms with E-state index in [-0.39, 0.29) is 0 Å². The number of rotatable bonds is 5. The zero-order valence-electron chi connectivity index (χ0n) is 14.6. The van der Waals surface area contributed by atoms with Crippen molar-refractivity contribution < 1.29 is 5.11 Å². The van der Waals surface area contributed by atoms with Gasteiger partial charge in [0.15, 0.2) is 5.65 Å². The van der Waals surface area contributed by atoms with Crippen LogP contribution in [0.1, 0.15) is 11.1 Å². The smallest absolute Gasteiger partial charge is 0.164 e. The molecule has 0 bridgehead atoms. The summed E-state index contributed by atoms with van der Waals surface area (Å²) in [6, 6.07) is 8.53. The quantitative estimate of drug-likeness (QED) is 0.661. The topological polar surface area (TPSA) is 79.1 Å². The number of aryl methyl sites for hydroxylation is 1. The Morgan fingerprint density at radius 3 is 2.92 bits per heavy atom. The second kappa shape index (κ2) is 7.30. The lowest BCUT2D eigenvalue weighted by molar-refractivity contribution is 0.114. The molecule has 0 fully saturated rings. The van der Waals surface area contributed by atoms with Crippen LogP contribution in [-0.2, 0) is 20.0 Å². The molecule has 1 aliphatic heterocycles. The fraction of sp³-hybridized carbons (Fsp3) is 0.389. The Labute approximate surface area is 160 Å². The molecular formula is C18H21BrN6O. The minimum atomic E-state index is -0.485. The number of β-amino-alcohol motifs (C(OH)–C–C–N with tert-alkyl or cyclic N) is 1. The summed E-state index contributed by atoms with van der Waals surface area (Å²) in [7, 11) is 1.84. The molecule has 0 radical (unpaired) electrons. The highest BCUT2D eigenvalue weighted by Gasteiger charge is 2.19. The predicted molar refractivity (Wildman–Crippen MR) is 104 cm³/mol. The molecule has 2 N–H and O–H groups in total. The number of nitrogens with one attached hydrogen (secondary N) is 1. The van der Waals surface area contributed by atoms with Gasteiger partial charge in [0.05, 0.1) is 11.5 Å². The lowest BCUT2D eigenvalue weighted by atomic mass is 10.00. The van der Waals surface area contributed by atoms with Gasteiger partial charge in [0.25, 0.3) is 0 Å². The first kappa shape index (κ1) is 17.4. The van der Waals surface area contributed by atoms with Gasteiger partial charge in [-0.1, -0.05) is 24.3 Å². The largest absolute Gasteiger partial charge is 0.390 e. The minimum absolute atomic E-state index is 0.422. The summed E-state index contributed by atoms with van der Waals surface area (Å²) in [5, 5.41) is 18.9. The van der Waals surface area contributed by atoms with Crippen LogP contribution < -0.4 is 5.32 Å². The number of anilines is 1. The fourth-order valence-electron chi connectivity index (χ4n) is 3.46. The van der Waals surface area contributed by atoms with Crippen molar-refractivity contribution in [1.29, 1.82) is 0 Å². The van der Waals surface area contributed by atoms with E-state index in [1.807, 2.05) is 7.05 Å². The molecule has 3 aromatic rings. The molecule has 0 spiro atoms. The Morgan fingerprint density at radius 1 is 1.27 bits per heavy atom. The van der Waals surface area contributed by atoms with Crippen molar-refractivity contribution in [3.8, 4) is 0 Å². The molecule has 8 heteroatoms. The van der Waals surface area contributed by atoms with Crippen LogP contribution in [0.5, 0.6) is 0 Å². The SMILES string of the molecule is Cn1nc(Br)c2c(NCC(O)CN3CCc4ccccc4C3)ncnc21. The van der Waals surface area contributed by atoms with Gasteiger partial charge in [-0.25, -0.2) is 14.6 Å². The summed E-state index contributed by atoms with van der Waals surface area (Å²) in [5.41, 5.74) is 3.52. The van der Waals surface area contributed by atoms with Crippen LogP contribution in [0, 0.1) is 0 Å². The van der Waals surface area contributed by atoms with Crippen LogP contribution >= 0.6 is 15.9 Å². The van der Waals surface area contributed by atoms with Crippen molar-refractivity contribution in [2.24, 2.45) is 7.05 Å². The second-order valence-electron chi connectivity index (χ2n) is 6.62. The van der Waals surface area contributed by atoms with Crippen molar-refractivity contribution in [3.05, 3.63) is 46.3 Å². The predicted octanol–water partition coefficient (Wildman–Crippen LogP) is 1.96. The number of fused-ring (bicyclic) bond motifs is 2. The van der Waals surface area contributed by atoms with Crippen LogP contribution in [0.2, 0.25) is 0 Å². The maximum absolute atomic E-state index is 10.5. The van der Waals surface area contributed by atoms with E-state index in [2.05, 4.69) is 65.5 Å². The van der Waals surface area contributed by atoms with E-state index < -0.39 is 6.10 Å². The average Bonchev–Trinajstić information content (AvgIpc) is 2.94. The van der Waals surface area contributed by atoms with Gasteiger partial charge in [0, 0.05) is 33.2 Å². The van der Waals surface area contributed by atoms with E-state index in [0.29, 0.717) is 23.5 Å². The molecule has 0 saturated heterocycles. The van der Waals surface area contributed by atoms with E-state index in [0.717, 1.165) is 30.5 Å². The number of aliphatic hydroxyl groups excluding tert-OH is 1. The van der Waals surface area contributed by atoms with Gasteiger partial charge in [0.2, 0.25) is 0 Å². The Bertz CT molecular complexity index is 927. The van der Waals surface area contributed by atoms with E-state index in [1.54, 1.807) is 4.68 Å². The lowest BCUT2D eigenvalue weighted by Gasteiger charge is -2.30. The van der Waals surface area contributed by atoms with Crippen LogP contribution in [0.4, 0.5) is 5.82 Å². The first-order valence-electron chi connectivity index (χ1n) is 8.66. The molecule has 1 atom stereocenters. The number of halogens is 1. The summed E-state index contributed by atoms with van der Waals surface area (Å²) in [6.45, 7) is 2.91. The van der Waals surface area contributed by atoms with Crippen LogP contribution in [0.3, 0.4) is 0 Å². The molecule has 26 heavy (non-hydrogen) atoms. The second-order valence-corrected chi connectivity index (χ2v) is 7.37. The lowest BCUT2D eigenvalue weighted by Crippen LogP contribution is -2.39. The standard InChI is InChI=1S/C18H21BrN6O/c1-24-18-15(16(19)23-24)17(21-11-22-18)20-8-14(26)10-25-7-6-12-4-2-3-5-13(12)9-25/h2-5,11,14,26H,6-10H2,1H3,(H,20,21,22). The third-order valence-electron chi connectivity index (χ3n) is 4.76. The molecule has 3 heterocycles. The number of aliphatic hydroxyl groups is 1. The maximum Gasteiger partial charge on any atom is 0.164 e. The van der Waals surface area contributed by atoms with Gasteiger partial charge in [-0.3, -0.25) is 4.90 Å². The van der Waals surface area contributed by atoms with Gasteiger partial charge >= 0.3 is 0 Å². The monoisotopic (exact) mass is 416 g/mol. The van der Waals surface area contributed by atoms with Gasteiger partial charge in [0.1, 0.15) is 16.7 Å². The van der Waals surface area contributed by atoms with Gasteiger partial charge in [-0.05, 0) is 33.5 Å². The molecule has 1 aromatic carbocycles. The molecular weight excluding hydrogens is 396 g/mol. The highest BCUT2D eigenvalue weighted by molar-refractivity contribution is 9.10. The third-order valence-corrected chi connectivity index (χ3v) is 5.32. The first-order valence-corrected chi connectivity index (χ1v) is 9.45. The normalized spacial score (nSPS) is 15.8. The van der Waals surface area contributed by atoms with E-state index in [1.165, 1.54) is 17.5 Å². The summed E-state index contributed by atoms with van der Waals surface area (Å²) >= 11 is 3.45. The number of benzene rings is 1. The highest BCUT2D eigenvalue weighted by Crippen LogP contribution is 2.26. The third kappa shape index (κ3) is 3.44. The fourth-order valence-corrected chi connectivity index (χ4v) is 4.06. The Hall–Kier alpha value is -2.03. The van der Waals surface area contributed by atoms with Crippen LogP contribution in [0.15, 0.2) is 35.2 Å². The molecule has 1 unspecified atom stereocenters. The van der Waals surface area contributed by atoms with Crippen molar-refractivity contribution in [1.82, 2.24) is 24.6 Å². The average molecular weight is 417 g/mol. The van der Waals surface area contributed by atoms with E-state index in [4.69, 9.17) is 0 Å². The molecule has 1 aliphatic rings. The summed E-state index contributed by atoms with van der Waals surface area (Å²) < 4.78 is 2.40. The molecule has 2 aromatic heterocycles. The highest BCUT2D eigenvalue weighted by atomic mass is 79.9. The molecule has 4 rings (SSSR count). The van der Waals surface area contributed by atoms with E-state index in [9.17, 15) is 5.11 Å². The maximum atomic E-state index is 10.5.